The van der Waals surface area contributed by atoms with Gasteiger partial charge in [-0.2, -0.15) is 5.10 Å². The van der Waals surface area contributed by atoms with Crippen molar-refractivity contribution in [3.8, 4) is 22.8 Å². The molecule has 2 aromatic carbocycles. The van der Waals surface area contributed by atoms with E-state index in [1.807, 2.05) is 29.1 Å². The molecule has 0 bridgehead atoms. The minimum Gasteiger partial charge on any atom is -0.507 e. The molecule has 0 spiro atoms. The largest absolute Gasteiger partial charge is 0.507 e. The van der Waals surface area contributed by atoms with Gasteiger partial charge < -0.3 is 20.4 Å². The Morgan fingerprint density at radius 2 is 1.78 bits per heavy atom. The van der Waals surface area contributed by atoms with Gasteiger partial charge in [0.05, 0.1) is 16.7 Å². The molecule has 1 aliphatic rings. The van der Waals surface area contributed by atoms with Crippen LogP contribution in [0.3, 0.4) is 0 Å². The van der Waals surface area contributed by atoms with Gasteiger partial charge in [-0.05, 0) is 27.6 Å². The molecule has 7 heteroatoms. The van der Waals surface area contributed by atoms with Crippen LogP contribution in [0.2, 0.25) is 0 Å². The Balaban J connectivity index is 1.77. The van der Waals surface area contributed by atoms with E-state index in [2.05, 4.69) is 38.3 Å². The Morgan fingerprint density at radius 1 is 1.04 bits per heavy atom. The Kier molecular flexibility index (Phi) is 5.05. The fourth-order valence-corrected chi connectivity index (χ4v) is 3.68. The molecule has 0 unspecified atom stereocenters. The maximum atomic E-state index is 10.4. The summed E-state index contributed by atoms with van der Waals surface area (Å²) in [7, 11) is 0. The molecule has 1 fully saturated rings. The number of benzene rings is 2. The van der Waals surface area contributed by atoms with Gasteiger partial charge in [0.25, 0.3) is 0 Å². The maximum absolute atomic E-state index is 10.4. The first-order valence-corrected chi connectivity index (χ1v) is 9.70. The van der Waals surface area contributed by atoms with Gasteiger partial charge in [-0.15, -0.1) is 0 Å². The average molecular weight is 429 g/mol. The number of halogens is 1. The number of anilines is 1. The molecular weight excluding hydrogens is 408 g/mol. The Hall–Kier alpha value is -2.51. The van der Waals surface area contributed by atoms with Crippen LogP contribution in [0.4, 0.5) is 5.69 Å². The number of phenols is 2. The number of aromatic nitrogens is 2. The lowest BCUT2D eigenvalue weighted by Gasteiger charge is -2.29. The van der Waals surface area contributed by atoms with Crippen LogP contribution in [-0.4, -0.2) is 46.2 Å². The van der Waals surface area contributed by atoms with E-state index in [0.29, 0.717) is 22.3 Å². The highest BCUT2D eigenvalue weighted by Crippen LogP contribution is 2.40. The summed E-state index contributed by atoms with van der Waals surface area (Å²) < 4.78 is 2.43. The summed E-state index contributed by atoms with van der Waals surface area (Å²) in [5.74, 6) is 0.0146. The first-order valence-electron chi connectivity index (χ1n) is 8.91. The number of nitrogens with zero attached hydrogens (tertiary/aromatic N) is 3. The van der Waals surface area contributed by atoms with Gasteiger partial charge in [-0.25, -0.2) is 0 Å². The molecule has 1 aromatic heterocycles. The second-order valence-electron chi connectivity index (χ2n) is 6.60. The minimum atomic E-state index is 0.00342. The molecule has 1 aliphatic heterocycles. The first kappa shape index (κ1) is 17.9. The van der Waals surface area contributed by atoms with Gasteiger partial charge in [-0.3, -0.25) is 4.68 Å². The monoisotopic (exact) mass is 428 g/mol. The fourth-order valence-electron chi connectivity index (χ4n) is 3.33. The van der Waals surface area contributed by atoms with Gasteiger partial charge >= 0.3 is 0 Å². The summed E-state index contributed by atoms with van der Waals surface area (Å²) >= 11 is 3.34. The number of nitrogens with one attached hydrogen (secondary N) is 1. The van der Waals surface area contributed by atoms with Crippen molar-refractivity contribution in [1.82, 2.24) is 15.1 Å². The van der Waals surface area contributed by atoms with Crippen LogP contribution < -0.4 is 10.2 Å². The molecule has 0 aliphatic carbocycles. The lowest BCUT2D eigenvalue weighted by Crippen LogP contribution is -2.43. The third-order valence-electron chi connectivity index (χ3n) is 4.71. The van der Waals surface area contributed by atoms with Crippen molar-refractivity contribution in [2.75, 3.05) is 31.1 Å². The predicted molar refractivity (Wildman–Crippen MR) is 109 cm³/mol. The predicted octanol–water partition coefficient (Wildman–Crippen LogP) is 3.18. The molecule has 0 amide bonds. The van der Waals surface area contributed by atoms with E-state index in [1.165, 1.54) is 6.07 Å². The van der Waals surface area contributed by atoms with Crippen molar-refractivity contribution in [3.05, 3.63) is 58.7 Å². The summed E-state index contributed by atoms with van der Waals surface area (Å²) in [4.78, 5) is 2.28. The van der Waals surface area contributed by atoms with E-state index in [0.717, 1.165) is 37.4 Å². The van der Waals surface area contributed by atoms with Crippen molar-refractivity contribution in [2.45, 2.75) is 6.54 Å². The number of piperazine rings is 1. The third kappa shape index (κ3) is 3.79. The summed E-state index contributed by atoms with van der Waals surface area (Å²) in [6.07, 6.45) is 2.04. The molecule has 1 saturated heterocycles. The summed E-state index contributed by atoms with van der Waals surface area (Å²) in [5, 5.41) is 28.4. The lowest BCUT2D eigenvalue weighted by atomic mass is 10.1. The molecule has 6 nitrogen and oxygen atoms in total. The zero-order valence-electron chi connectivity index (χ0n) is 14.8. The van der Waals surface area contributed by atoms with Crippen molar-refractivity contribution >= 4 is 21.6 Å². The SMILES string of the molecule is Oc1cc(O)c(-c2nn(Cc3ccccc3)cc2N2CCNCC2)cc1Br. The first-order chi connectivity index (χ1) is 13.1. The highest BCUT2D eigenvalue weighted by molar-refractivity contribution is 9.10. The van der Waals surface area contributed by atoms with Gasteiger partial charge in [0.2, 0.25) is 0 Å². The molecule has 0 atom stereocenters. The van der Waals surface area contributed by atoms with Gasteiger partial charge in [0.1, 0.15) is 17.2 Å². The Bertz CT molecular complexity index is 937. The quantitative estimate of drug-likeness (QED) is 0.594. The minimum absolute atomic E-state index is 0.00342. The van der Waals surface area contributed by atoms with Crippen molar-refractivity contribution in [3.63, 3.8) is 0 Å². The third-order valence-corrected chi connectivity index (χ3v) is 5.34. The van der Waals surface area contributed by atoms with Crippen molar-refractivity contribution < 1.29 is 10.2 Å². The highest BCUT2D eigenvalue weighted by atomic mass is 79.9. The number of hydrogen-bond donors (Lipinski definition) is 3. The van der Waals surface area contributed by atoms with E-state index in [1.54, 1.807) is 6.07 Å². The van der Waals surface area contributed by atoms with Crippen LogP contribution in [0.1, 0.15) is 5.56 Å². The normalized spacial score (nSPS) is 14.5. The second-order valence-corrected chi connectivity index (χ2v) is 7.46. The maximum Gasteiger partial charge on any atom is 0.133 e. The van der Waals surface area contributed by atoms with Crippen molar-refractivity contribution in [1.29, 1.82) is 0 Å². The van der Waals surface area contributed by atoms with Crippen LogP contribution in [0.5, 0.6) is 11.5 Å². The molecule has 0 radical (unpaired) electrons. The van der Waals surface area contributed by atoms with Gasteiger partial charge in [0, 0.05) is 44.0 Å². The molecule has 140 valence electrons. The number of hydrogen-bond acceptors (Lipinski definition) is 5. The van der Waals surface area contributed by atoms with E-state index >= 15 is 0 Å². The number of phenolic OH excluding ortho intramolecular Hbond substituents is 2. The fraction of sp³-hybridized carbons (Fsp3) is 0.250. The topological polar surface area (TPSA) is 73.5 Å². The summed E-state index contributed by atoms with van der Waals surface area (Å²) in [6.45, 7) is 4.23. The zero-order chi connectivity index (χ0) is 18.8. The molecule has 0 saturated carbocycles. The highest BCUT2D eigenvalue weighted by Gasteiger charge is 2.22. The molecular formula is C20H21BrN4O2. The van der Waals surface area contributed by atoms with Crippen LogP contribution in [-0.2, 0) is 6.54 Å². The summed E-state index contributed by atoms with van der Waals surface area (Å²) in [5.41, 5.74) is 3.46. The summed E-state index contributed by atoms with van der Waals surface area (Å²) in [6, 6.07) is 13.2. The van der Waals surface area contributed by atoms with Crippen LogP contribution in [0, 0.1) is 0 Å². The molecule has 4 rings (SSSR count). The molecule has 3 N–H and O–H groups in total. The van der Waals surface area contributed by atoms with E-state index in [-0.39, 0.29) is 11.5 Å². The lowest BCUT2D eigenvalue weighted by molar-refractivity contribution is 0.449. The van der Waals surface area contributed by atoms with Gasteiger partial charge in [0.15, 0.2) is 0 Å². The van der Waals surface area contributed by atoms with Crippen LogP contribution >= 0.6 is 15.9 Å². The number of rotatable bonds is 4. The smallest absolute Gasteiger partial charge is 0.133 e. The van der Waals surface area contributed by atoms with Crippen molar-refractivity contribution in [2.24, 2.45) is 0 Å². The number of aromatic hydroxyl groups is 2. The average Bonchev–Trinajstić information content (AvgIpc) is 3.09. The van der Waals surface area contributed by atoms with E-state index in [4.69, 9.17) is 5.10 Å². The Labute approximate surface area is 166 Å². The Morgan fingerprint density at radius 3 is 2.52 bits per heavy atom. The second kappa shape index (κ2) is 7.62. The van der Waals surface area contributed by atoms with E-state index in [9.17, 15) is 10.2 Å². The van der Waals surface area contributed by atoms with E-state index < -0.39 is 0 Å². The van der Waals surface area contributed by atoms with Crippen LogP contribution in [0.15, 0.2) is 53.1 Å². The standard InChI is InChI=1S/C20H21BrN4O2/c21-16-10-15(18(26)11-19(16)27)20-17(24-8-6-22-7-9-24)13-25(23-20)12-14-4-2-1-3-5-14/h1-5,10-11,13,22,26-27H,6-9,12H2. The van der Waals surface area contributed by atoms with Gasteiger partial charge in [-0.1, -0.05) is 30.3 Å². The molecule has 3 aromatic rings. The zero-order valence-corrected chi connectivity index (χ0v) is 16.4. The van der Waals surface area contributed by atoms with Crippen LogP contribution in [0.25, 0.3) is 11.3 Å². The molecule has 2 heterocycles. The molecule has 27 heavy (non-hydrogen) atoms.